The summed E-state index contributed by atoms with van der Waals surface area (Å²) >= 11 is 6.59. The monoisotopic (exact) mass is 505 g/mol. The molecule has 0 saturated heterocycles. The Morgan fingerprint density at radius 2 is 1.97 bits per heavy atom. The molecule has 2 aliphatic rings. The van der Waals surface area contributed by atoms with E-state index in [4.69, 9.17) is 16.6 Å². The number of halogens is 1. The minimum Gasteiger partial charge on any atom is -0.324 e. The molecule has 35 heavy (non-hydrogen) atoms. The van der Waals surface area contributed by atoms with E-state index in [0.29, 0.717) is 22.7 Å². The zero-order valence-electron chi connectivity index (χ0n) is 20.3. The number of anilines is 2. The molecule has 6 nitrogen and oxygen atoms in total. The number of benzene rings is 2. The van der Waals surface area contributed by atoms with E-state index in [1.807, 2.05) is 35.0 Å². The van der Waals surface area contributed by atoms with Crippen molar-refractivity contribution in [2.75, 3.05) is 32.2 Å². The number of nitrogens with zero attached hydrogens (tertiary/aromatic N) is 4. The van der Waals surface area contributed by atoms with E-state index in [2.05, 4.69) is 34.4 Å². The van der Waals surface area contributed by atoms with Crippen molar-refractivity contribution in [3.63, 3.8) is 0 Å². The maximum absolute atomic E-state index is 13.0. The summed E-state index contributed by atoms with van der Waals surface area (Å²) in [4.78, 5) is 11.7. The van der Waals surface area contributed by atoms with Crippen molar-refractivity contribution in [1.29, 1.82) is 0 Å². The highest BCUT2D eigenvalue weighted by Crippen LogP contribution is 2.41. The third-order valence-corrected chi connectivity index (χ3v) is 8.99. The van der Waals surface area contributed by atoms with Gasteiger partial charge in [-0.3, -0.25) is 4.57 Å². The molecule has 4 aromatic rings. The van der Waals surface area contributed by atoms with Gasteiger partial charge in [-0.1, -0.05) is 29.8 Å². The van der Waals surface area contributed by atoms with Crippen molar-refractivity contribution in [3.8, 4) is 5.82 Å². The first-order valence-corrected chi connectivity index (χ1v) is 15.1. The molecule has 180 valence electrons. The van der Waals surface area contributed by atoms with Crippen LogP contribution in [-0.2, 0) is 17.5 Å². The number of aromatic nitrogens is 3. The molecule has 1 aliphatic carbocycles. The lowest BCUT2D eigenvalue weighted by molar-refractivity contribution is 0.266. The smallest absolute Gasteiger partial charge is 0.229 e. The highest BCUT2D eigenvalue weighted by molar-refractivity contribution is 7.70. The van der Waals surface area contributed by atoms with Crippen LogP contribution in [0.4, 0.5) is 11.6 Å². The maximum atomic E-state index is 13.0. The highest BCUT2D eigenvalue weighted by Gasteiger charge is 2.29. The molecule has 1 aliphatic heterocycles. The fraction of sp³-hybridized carbons (Fsp3) is 0.333. The number of para-hydroxylation sites is 1. The van der Waals surface area contributed by atoms with Crippen molar-refractivity contribution in [3.05, 3.63) is 70.5 Å². The van der Waals surface area contributed by atoms with E-state index >= 15 is 0 Å². The Morgan fingerprint density at radius 3 is 2.80 bits per heavy atom. The van der Waals surface area contributed by atoms with Crippen LogP contribution >= 0.6 is 18.7 Å². The van der Waals surface area contributed by atoms with Crippen molar-refractivity contribution in [2.24, 2.45) is 0 Å². The van der Waals surface area contributed by atoms with Crippen molar-refractivity contribution in [1.82, 2.24) is 19.4 Å². The fourth-order valence-electron chi connectivity index (χ4n) is 5.79. The number of likely N-dealkylation sites (N-methyl/N-ethyl adjacent to an activating group) is 1. The van der Waals surface area contributed by atoms with Gasteiger partial charge in [0.2, 0.25) is 5.95 Å². The molecule has 0 saturated carbocycles. The molecular weight excluding hydrogens is 477 g/mol. The van der Waals surface area contributed by atoms with Crippen molar-refractivity contribution >= 4 is 46.6 Å². The quantitative estimate of drug-likeness (QED) is 0.348. The molecule has 0 bridgehead atoms. The molecule has 0 fully saturated rings. The Balaban J connectivity index is 1.41. The van der Waals surface area contributed by atoms with Crippen LogP contribution in [0, 0.1) is 0 Å². The molecule has 0 amide bonds. The molecule has 2 aromatic heterocycles. The van der Waals surface area contributed by atoms with Gasteiger partial charge < -0.3 is 14.8 Å². The van der Waals surface area contributed by atoms with Crippen molar-refractivity contribution in [2.45, 2.75) is 31.7 Å². The molecule has 1 atom stereocenters. The van der Waals surface area contributed by atoms with E-state index in [-0.39, 0.29) is 0 Å². The first-order chi connectivity index (χ1) is 16.8. The van der Waals surface area contributed by atoms with Crippen molar-refractivity contribution < 1.29 is 4.57 Å². The van der Waals surface area contributed by atoms with Crippen LogP contribution in [0.5, 0.6) is 0 Å². The van der Waals surface area contributed by atoms with Gasteiger partial charge in [0.1, 0.15) is 12.2 Å². The zero-order chi connectivity index (χ0) is 24.3. The molecule has 0 spiro atoms. The SMILES string of the molecule is CN1Cc2cc(Nc3ncc(Cl)c(-n4cc(P(C)(C)=O)c5ccccc54)n3)cc3c2C(CCC3)C1. The second-order valence-electron chi connectivity index (χ2n) is 10.2. The Morgan fingerprint density at radius 1 is 1.17 bits per heavy atom. The normalized spacial score (nSPS) is 18.0. The third-order valence-electron chi connectivity index (χ3n) is 7.21. The van der Waals surface area contributed by atoms with E-state index in [0.717, 1.165) is 41.4 Å². The number of nitrogens with one attached hydrogen (secondary N) is 1. The molecule has 6 rings (SSSR count). The van der Waals surface area contributed by atoms with Crippen LogP contribution in [0.25, 0.3) is 16.7 Å². The standard InChI is InChI=1S/C27H29ClN5OP/c1-32-14-18-8-6-7-17-11-20(12-19(15-32)25(17)18)30-27-29-13-22(28)26(31-27)33-16-24(35(2,3)34)21-9-4-5-10-23(21)33/h4-5,9-13,16,18H,6-8,14-15H2,1-3H3,(H,29,30,31). The summed E-state index contributed by atoms with van der Waals surface area (Å²) in [6.45, 7) is 5.69. The molecule has 8 heteroatoms. The molecule has 1 N–H and O–H groups in total. The topological polar surface area (TPSA) is 63.1 Å². The fourth-order valence-corrected chi connectivity index (χ4v) is 7.14. The molecule has 3 heterocycles. The largest absolute Gasteiger partial charge is 0.324 e. The van der Waals surface area contributed by atoms with Gasteiger partial charge in [0.05, 0.1) is 11.7 Å². The van der Waals surface area contributed by atoms with E-state index in [9.17, 15) is 4.57 Å². The van der Waals surface area contributed by atoms with Crippen LogP contribution in [0.1, 0.15) is 35.4 Å². The maximum Gasteiger partial charge on any atom is 0.229 e. The predicted octanol–water partition coefficient (Wildman–Crippen LogP) is 5.93. The van der Waals surface area contributed by atoms with Gasteiger partial charge in [-0.25, -0.2) is 4.98 Å². The van der Waals surface area contributed by atoms with Gasteiger partial charge >= 0.3 is 0 Å². The molecule has 2 aromatic carbocycles. The van der Waals surface area contributed by atoms with E-state index in [1.54, 1.807) is 25.1 Å². The number of hydrogen-bond donors (Lipinski definition) is 1. The van der Waals surface area contributed by atoms with E-state index in [1.165, 1.54) is 24.0 Å². The van der Waals surface area contributed by atoms with Crippen LogP contribution in [0.3, 0.4) is 0 Å². The number of aryl methyl sites for hydroxylation is 1. The highest BCUT2D eigenvalue weighted by atomic mass is 35.5. The average molecular weight is 506 g/mol. The molecule has 1 unspecified atom stereocenters. The lowest BCUT2D eigenvalue weighted by Gasteiger charge is -2.37. The summed E-state index contributed by atoms with van der Waals surface area (Å²) in [5, 5.41) is 5.66. The zero-order valence-corrected chi connectivity index (χ0v) is 21.9. The van der Waals surface area contributed by atoms with Gasteiger partial charge in [-0.2, -0.15) is 4.98 Å². The predicted molar refractivity (Wildman–Crippen MR) is 145 cm³/mol. The Kier molecular flexibility index (Phi) is 5.52. The molecular formula is C27H29ClN5OP. The first-order valence-electron chi connectivity index (χ1n) is 12.1. The first kappa shape index (κ1) is 22.8. The lowest BCUT2D eigenvalue weighted by atomic mass is 9.77. The van der Waals surface area contributed by atoms with Gasteiger partial charge in [0.15, 0.2) is 5.82 Å². The van der Waals surface area contributed by atoms with Crippen LogP contribution in [0.15, 0.2) is 48.8 Å². The van der Waals surface area contributed by atoms with E-state index < -0.39 is 7.14 Å². The third kappa shape index (κ3) is 4.08. The summed E-state index contributed by atoms with van der Waals surface area (Å²) in [5.74, 6) is 1.70. The number of rotatable bonds is 4. The Labute approximate surface area is 210 Å². The summed E-state index contributed by atoms with van der Waals surface area (Å²) in [5.41, 5.74) is 6.34. The average Bonchev–Trinajstić information content (AvgIpc) is 3.20. The summed E-state index contributed by atoms with van der Waals surface area (Å²) in [6.07, 6.45) is 7.16. The molecule has 0 radical (unpaired) electrons. The minimum absolute atomic E-state index is 0.440. The lowest BCUT2D eigenvalue weighted by Crippen LogP contribution is -2.33. The Hall–Kier alpha value is -2.66. The minimum atomic E-state index is -2.50. The summed E-state index contributed by atoms with van der Waals surface area (Å²) < 4.78 is 14.9. The summed E-state index contributed by atoms with van der Waals surface area (Å²) in [6, 6.07) is 12.4. The van der Waals surface area contributed by atoms with Crippen LogP contribution < -0.4 is 10.6 Å². The van der Waals surface area contributed by atoms with Crippen LogP contribution in [-0.4, -0.2) is 46.4 Å². The number of fused-ring (bicyclic) bond motifs is 1. The Bertz CT molecular complexity index is 1510. The number of hydrogen-bond acceptors (Lipinski definition) is 5. The van der Waals surface area contributed by atoms with Gasteiger partial charge in [0.25, 0.3) is 0 Å². The van der Waals surface area contributed by atoms with Gasteiger partial charge in [-0.15, -0.1) is 0 Å². The van der Waals surface area contributed by atoms with Gasteiger partial charge in [-0.05, 0) is 80.4 Å². The second kappa shape index (κ2) is 8.48. The van der Waals surface area contributed by atoms with Gasteiger partial charge in [0, 0.05) is 35.7 Å². The van der Waals surface area contributed by atoms with Crippen LogP contribution in [0.2, 0.25) is 5.02 Å². The summed E-state index contributed by atoms with van der Waals surface area (Å²) in [7, 11) is -0.296. The second-order valence-corrected chi connectivity index (χ2v) is 13.8.